The maximum Gasteiger partial charge on any atom is 0.263 e. The molecular formula is C14H19N7OS. The molecule has 122 valence electrons. The highest BCUT2D eigenvalue weighted by molar-refractivity contribution is 7.80. The lowest BCUT2D eigenvalue weighted by molar-refractivity contribution is -0.125. The van der Waals surface area contributed by atoms with Gasteiger partial charge in [0.05, 0.1) is 0 Å². The second-order valence-electron chi connectivity index (χ2n) is 5.24. The molecule has 0 aliphatic carbocycles. The van der Waals surface area contributed by atoms with Crippen LogP contribution in [0.15, 0.2) is 36.7 Å². The summed E-state index contributed by atoms with van der Waals surface area (Å²) in [5, 5.41) is 14.3. The van der Waals surface area contributed by atoms with E-state index in [1.54, 1.807) is 0 Å². The first kappa shape index (κ1) is 16.8. The van der Waals surface area contributed by atoms with Gasteiger partial charge in [-0.05, 0) is 42.1 Å². The van der Waals surface area contributed by atoms with Gasteiger partial charge in [0.15, 0.2) is 5.11 Å². The standard InChI is InChI=1S/C14H19N7OS/c1-10(2)16-14(23)18-17-13(22)12(21-9-15-19-20-21)8-11-6-4-3-5-7-11/h3-7,9-10,12H,8H2,1-2H3,(H,17,22)(H2,16,18,23). The van der Waals surface area contributed by atoms with Crippen LogP contribution in [0, 0.1) is 0 Å². The van der Waals surface area contributed by atoms with Gasteiger partial charge in [0.2, 0.25) is 0 Å². The average molecular weight is 333 g/mol. The van der Waals surface area contributed by atoms with Crippen molar-refractivity contribution >= 4 is 23.2 Å². The van der Waals surface area contributed by atoms with Crippen molar-refractivity contribution in [1.29, 1.82) is 0 Å². The summed E-state index contributed by atoms with van der Waals surface area (Å²) in [5.74, 6) is -0.283. The molecule has 23 heavy (non-hydrogen) atoms. The number of carbonyl (C=O) groups is 1. The van der Waals surface area contributed by atoms with Gasteiger partial charge >= 0.3 is 0 Å². The minimum absolute atomic E-state index is 0.173. The van der Waals surface area contributed by atoms with Crippen LogP contribution < -0.4 is 16.2 Å². The molecule has 3 N–H and O–H groups in total. The number of hydrogen-bond acceptors (Lipinski definition) is 5. The number of benzene rings is 1. The van der Waals surface area contributed by atoms with Crippen LogP contribution in [0.1, 0.15) is 25.5 Å². The number of amides is 1. The van der Waals surface area contributed by atoms with Crippen LogP contribution >= 0.6 is 12.2 Å². The minimum atomic E-state index is -0.582. The molecule has 0 aliphatic rings. The average Bonchev–Trinajstić information content (AvgIpc) is 3.05. The fourth-order valence-corrected chi connectivity index (χ4v) is 2.24. The minimum Gasteiger partial charge on any atom is -0.359 e. The van der Waals surface area contributed by atoms with Gasteiger partial charge in [-0.25, -0.2) is 4.68 Å². The smallest absolute Gasteiger partial charge is 0.263 e. The van der Waals surface area contributed by atoms with E-state index in [1.807, 2.05) is 44.2 Å². The third-order valence-corrected chi connectivity index (χ3v) is 3.20. The number of carbonyl (C=O) groups excluding carboxylic acids is 1. The molecule has 2 aromatic rings. The first-order chi connectivity index (χ1) is 11.1. The number of hydrazine groups is 1. The zero-order valence-corrected chi connectivity index (χ0v) is 13.7. The summed E-state index contributed by atoms with van der Waals surface area (Å²) in [7, 11) is 0. The fourth-order valence-electron chi connectivity index (χ4n) is 1.95. The predicted octanol–water partition coefficient (Wildman–Crippen LogP) is 0.361. The summed E-state index contributed by atoms with van der Waals surface area (Å²) < 4.78 is 1.42. The lowest BCUT2D eigenvalue weighted by atomic mass is 10.1. The van der Waals surface area contributed by atoms with Crippen molar-refractivity contribution in [1.82, 2.24) is 36.4 Å². The van der Waals surface area contributed by atoms with E-state index in [0.717, 1.165) is 5.56 Å². The van der Waals surface area contributed by atoms with Gasteiger partial charge in [-0.15, -0.1) is 5.10 Å². The molecule has 1 amide bonds. The van der Waals surface area contributed by atoms with E-state index < -0.39 is 6.04 Å². The van der Waals surface area contributed by atoms with Crippen LogP contribution in [0.4, 0.5) is 0 Å². The molecule has 0 spiro atoms. The normalized spacial score (nSPS) is 11.8. The van der Waals surface area contributed by atoms with Crippen molar-refractivity contribution in [2.45, 2.75) is 32.4 Å². The summed E-state index contributed by atoms with van der Waals surface area (Å²) in [4.78, 5) is 12.5. The molecule has 1 atom stereocenters. The molecule has 0 fully saturated rings. The van der Waals surface area contributed by atoms with Crippen LogP contribution in [0.5, 0.6) is 0 Å². The number of rotatable bonds is 5. The molecular weight excluding hydrogens is 314 g/mol. The van der Waals surface area contributed by atoms with E-state index in [-0.39, 0.29) is 11.9 Å². The third kappa shape index (κ3) is 5.29. The monoisotopic (exact) mass is 333 g/mol. The highest BCUT2D eigenvalue weighted by Crippen LogP contribution is 2.12. The Hall–Kier alpha value is -2.55. The van der Waals surface area contributed by atoms with Crippen LogP contribution in [0.3, 0.4) is 0 Å². The zero-order valence-electron chi connectivity index (χ0n) is 12.9. The summed E-state index contributed by atoms with van der Waals surface area (Å²) >= 11 is 5.08. The molecule has 2 rings (SSSR count). The molecule has 0 saturated heterocycles. The predicted molar refractivity (Wildman–Crippen MR) is 89.1 cm³/mol. The number of nitrogens with one attached hydrogen (secondary N) is 3. The molecule has 8 nitrogen and oxygen atoms in total. The third-order valence-electron chi connectivity index (χ3n) is 2.98. The zero-order chi connectivity index (χ0) is 16.7. The van der Waals surface area contributed by atoms with Crippen LogP contribution in [0.2, 0.25) is 0 Å². The van der Waals surface area contributed by atoms with Crippen molar-refractivity contribution in [3.63, 3.8) is 0 Å². The number of thiocarbonyl (C=S) groups is 1. The van der Waals surface area contributed by atoms with Gasteiger partial charge in [0.1, 0.15) is 12.4 Å². The lowest BCUT2D eigenvalue weighted by Crippen LogP contribution is -2.50. The SMILES string of the molecule is CC(C)NC(=S)NNC(=O)C(Cc1ccccc1)n1cnnn1. The molecule has 0 bridgehead atoms. The lowest BCUT2D eigenvalue weighted by Gasteiger charge is -2.18. The highest BCUT2D eigenvalue weighted by Gasteiger charge is 2.22. The van der Waals surface area contributed by atoms with E-state index in [9.17, 15) is 4.79 Å². The van der Waals surface area contributed by atoms with Crippen molar-refractivity contribution < 1.29 is 4.79 Å². The fraction of sp³-hybridized carbons (Fsp3) is 0.357. The number of nitrogens with zero attached hydrogens (tertiary/aromatic N) is 4. The molecule has 1 heterocycles. The van der Waals surface area contributed by atoms with E-state index in [4.69, 9.17) is 12.2 Å². The number of aromatic nitrogens is 4. The van der Waals surface area contributed by atoms with Crippen LogP contribution in [0.25, 0.3) is 0 Å². The Balaban J connectivity index is 2.02. The van der Waals surface area contributed by atoms with E-state index >= 15 is 0 Å². The Bertz CT molecular complexity index is 630. The summed E-state index contributed by atoms with van der Waals surface area (Å²) in [6.07, 6.45) is 1.88. The first-order valence-electron chi connectivity index (χ1n) is 7.19. The van der Waals surface area contributed by atoms with Gasteiger partial charge < -0.3 is 5.32 Å². The molecule has 0 aliphatic heterocycles. The van der Waals surface area contributed by atoms with Crippen molar-refractivity contribution in [2.24, 2.45) is 0 Å². The molecule has 0 saturated carbocycles. The highest BCUT2D eigenvalue weighted by atomic mass is 32.1. The van der Waals surface area contributed by atoms with Crippen molar-refractivity contribution in [3.05, 3.63) is 42.2 Å². The Kier molecular flexibility index (Phi) is 5.98. The Morgan fingerprint density at radius 2 is 2.00 bits per heavy atom. The van der Waals surface area contributed by atoms with Gasteiger partial charge in [0.25, 0.3) is 5.91 Å². The van der Waals surface area contributed by atoms with E-state index in [0.29, 0.717) is 11.5 Å². The molecule has 1 unspecified atom stereocenters. The second-order valence-corrected chi connectivity index (χ2v) is 5.65. The van der Waals surface area contributed by atoms with Crippen molar-refractivity contribution in [3.8, 4) is 0 Å². The van der Waals surface area contributed by atoms with Gasteiger partial charge in [-0.1, -0.05) is 30.3 Å². The molecule has 0 radical (unpaired) electrons. The Morgan fingerprint density at radius 1 is 1.26 bits per heavy atom. The van der Waals surface area contributed by atoms with Crippen molar-refractivity contribution in [2.75, 3.05) is 0 Å². The Labute approximate surface area is 139 Å². The van der Waals surface area contributed by atoms with Crippen LogP contribution in [-0.2, 0) is 11.2 Å². The van der Waals surface area contributed by atoms with Crippen LogP contribution in [-0.4, -0.2) is 37.3 Å². The molecule has 1 aromatic carbocycles. The number of tetrazole rings is 1. The maximum atomic E-state index is 12.5. The summed E-state index contributed by atoms with van der Waals surface area (Å²) in [5.41, 5.74) is 6.27. The Morgan fingerprint density at radius 3 is 2.61 bits per heavy atom. The quantitative estimate of drug-likeness (QED) is 0.537. The topological polar surface area (TPSA) is 96.8 Å². The summed E-state index contributed by atoms with van der Waals surface area (Å²) in [6, 6.07) is 9.25. The van der Waals surface area contributed by atoms with Gasteiger partial charge in [-0.3, -0.25) is 15.6 Å². The first-order valence-corrected chi connectivity index (χ1v) is 7.60. The molecule has 1 aromatic heterocycles. The van der Waals surface area contributed by atoms with E-state index in [2.05, 4.69) is 31.7 Å². The summed E-state index contributed by atoms with van der Waals surface area (Å²) in [6.45, 7) is 3.91. The van der Waals surface area contributed by atoms with Gasteiger partial charge in [0, 0.05) is 12.5 Å². The largest absolute Gasteiger partial charge is 0.359 e. The van der Waals surface area contributed by atoms with Gasteiger partial charge in [-0.2, -0.15) is 0 Å². The van der Waals surface area contributed by atoms with E-state index in [1.165, 1.54) is 11.0 Å². The second kappa shape index (κ2) is 8.18. The number of hydrogen-bond donors (Lipinski definition) is 3. The molecule has 9 heteroatoms. The maximum absolute atomic E-state index is 12.5.